The van der Waals surface area contributed by atoms with Crippen LogP contribution in [0.2, 0.25) is 0 Å². The highest BCUT2D eigenvalue weighted by Crippen LogP contribution is 2.27. The van der Waals surface area contributed by atoms with Crippen LogP contribution in [0.5, 0.6) is 0 Å². The molecule has 5 atom stereocenters. The van der Waals surface area contributed by atoms with Crippen LogP contribution in [0, 0.1) is 59.8 Å². The zero-order valence-electron chi connectivity index (χ0n) is 42.6. The molecule has 1 saturated heterocycles. The third-order valence-electron chi connectivity index (χ3n) is 11.8. The first-order chi connectivity index (χ1) is 30.0. The van der Waals surface area contributed by atoms with E-state index in [1.807, 2.05) is 6.92 Å². The minimum Gasteiger partial charge on any atom is -0.461 e. The van der Waals surface area contributed by atoms with E-state index >= 15 is 0 Å². The molecule has 0 spiro atoms. The number of benzene rings is 2. The Bertz CT molecular complexity index is 1640. The number of likely N-dealkylation sites (tertiary alicyclic amines) is 1. The van der Waals surface area contributed by atoms with Gasteiger partial charge in [-0.2, -0.15) is 0 Å². The van der Waals surface area contributed by atoms with Crippen molar-refractivity contribution in [3.8, 4) is 0 Å². The van der Waals surface area contributed by atoms with Crippen LogP contribution in [0.3, 0.4) is 0 Å². The van der Waals surface area contributed by atoms with Gasteiger partial charge in [0.1, 0.15) is 34.8 Å². The fraction of sp³-hybridized carbons (Fsp3) is 0.648. The second-order valence-corrected chi connectivity index (χ2v) is 18.4. The minimum absolute atomic E-state index is 0.0324. The van der Waals surface area contributed by atoms with E-state index in [9.17, 15) is 31.9 Å². The number of carbonyl (C=O) groups excluding carboxylic acids is 3. The average Bonchev–Trinajstić information content (AvgIpc) is 3.98. The molecule has 3 aromatic rings. The normalized spacial score (nSPS) is 15.2. The first kappa shape index (κ1) is 62.5. The Balaban J connectivity index is 0. The topological polar surface area (TPSA) is 70.8 Å². The lowest BCUT2D eigenvalue weighted by molar-refractivity contribution is -0.123. The highest BCUT2D eigenvalue weighted by Gasteiger charge is 2.33. The van der Waals surface area contributed by atoms with Gasteiger partial charge in [-0.25, -0.2) is 17.6 Å². The second kappa shape index (κ2) is 35.6. The maximum absolute atomic E-state index is 12.3. The van der Waals surface area contributed by atoms with Crippen molar-refractivity contribution in [1.82, 2.24) is 9.80 Å². The first-order valence-electron chi connectivity index (χ1n) is 23.8. The fourth-order valence-corrected chi connectivity index (χ4v) is 6.59. The summed E-state index contributed by atoms with van der Waals surface area (Å²) in [4.78, 5) is 38.2. The van der Waals surface area contributed by atoms with Crippen molar-refractivity contribution in [2.45, 2.75) is 167 Å². The number of furan rings is 1. The van der Waals surface area contributed by atoms with E-state index in [1.165, 1.54) is 88.7 Å². The molecule has 1 aliphatic heterocycles. The van der Waals surface area contributed by atoms with Crippen molar-refractivity contribution < 1.29 is 36.4 Å². The molecule has 4 unspecified atom stereocenters. The highest BCUT2D eigenvalue weighted by atomic mass is 19.1. The van der Waals surface area contributed by atoms with Gasteiger partial charge in [-0.05, 0) is 147 Å². The van der Waals surface area contributed by atoms with Gasteiger partial charge in [-0.3, -0.25) is 19.3 Å². The summed E-state index contributed by atoms with van der Waals surface area (Å²) in [5.74, 6) is 2.06. The van der Waals surface area contributed by atoms with Crippen LogP contribution in [-0.4, -0.2) is 65.9 Å². The Morgan fingerprint density at radius 2 is 1.42 bits per heavy atom. The van der Waals surface area contributed by atoms with Crippen molar-refractivity contribution >= 4 is 17.3 Å². The highest BCUT2D eigenvalue weighted by molar-refractivity contribution is 5.91. The quantitative estimate of drug-likeness (QED) is 0.0993. The molecule has 1 aliphatic rings. The van der Waals surface area contributed by atoms with E-state index in [0.717, 1.165) is 75.1 Å². The average molecular weight is 905 g/mol. The lowest BCUT2D eigenvalue weighted by Gasteiger charge is -2.31. The van der Waals surface area contributed by atoms with E-state index in [4.69, 9.17) is 4.42 Å². The molecule has 0 N–H and O–H groups in total. The number of halogens is 4. The monoisotopic (exact) mass is 905 g/mol. The van der Waals surface area contributed by atoms with Gasteiger partial charge in [0.15, 0.2) is 11.5 Å². The van der Waals surface area contributed by atoms with Crippen LogP contribution < -0.4 is 0 Å². The predicted octanol–water partition coefficient (Wildman–Crippen LogP) is 15.0. The van der Waals surface area contributed by atoms with Gasteiger partial charge < -0.3 is 9.32 Å². The fourth-order valence-electron chi connectivity index (χ4n) is 6.59. The van der Waals surface area contributed by atoms with Gasteiger partial charge in [-0.1, -0.05) is 93.2 Å². The van der Waals surface area contributed by atoms with Crippen molar-refractivity contribution in [3.63, 3.8) is 0 Å². The summed E-state index contributed by atoms with van der Waals surface area (Å²) < 4.78 is 53.0. The Hall–Kier alpha value is -3.63. The molecule has 0 radical (unpaired) electrons. The maximum Gasteiger partial charge on any atom is 0.194 e. The first-order valence-corrected chi connectivity index (χ1v) is 23.8. The number of aryl methyl sites for hydroxylation is 1. The summed E-state index contributed by atoms with van der Waals surface area (Å²) >= 11 is 0. The largest absolute Gasteiger partial charge is 0.461 e. The molecule has 0 bridgehead atoms. The van der Waals surface area contributed by atoms with Crippen LogP contribution >= 0.6 is 0 Å². The molecule has 366 valence electrons. The Kier molecular flexibility index (Phi) is 34.7. The number of Topliss-reactive ketones (excluding diaryl/α,β-unsaturated/α-hetero) is 3. The lowest BCUT2D eigenvalue weighted by Crippen LogP contribution is -2.39. The predicted molar refractivity (Wildman–Crippen MR) is 260 cm³/mol. The van der Waals surface area contributed by atoms with Crippen molar-refractivity contribution in [2.75, 3.05) is 33.2 Å². The molecule has 0 saturated carbocycles. The Morgan fingerprint density at radius 3 is 1.80 bits per heavy atom. The number of nitrogens with zero attached hydrogens (tertiary/aromatic N) is 2. The third-order valence-corrected chi connectivity index (χ3v) is 11.8. The molecular formula is C54H88F4N2O4. The van der Waals surface area contributed by atoms with Gasteiger partial charge in [0.05, 0.1) is 6.26 Å². The molecule has 1 fully saturated rings. The summed E-state index contributed by atoms with van der Waals surface area (Å²) in [5.41, 5.74) is 0.691. The molecule has 64 heavy (non-hydrogen) atoms. The van der Waals surface area contributed by atoms with Gasteiger partial charge in [0.2, 0.25) is 0 Å². The van der Waals surface area contributed by atoms with Crippen LogP contribution in [0.4, 0.5) is 17.6 Å². The zero-order chi connectivity index (χ0) is 49.4. The van der Waals surface area contributed by atoms with E-state index < -0.39 is 23.3 Å². The van der Waals surface area contributed by atoms with E-state index in [-0.39, 0.29) is 17.2 Å². The van der Waals surface area contributed by atoms with E-state index in [1.54, 1.807) is 26.0 Å². The summed E-state index contributed by atoms with van der Waals surface area (Å²) in [6.07, 6.45) is 13.0. The molecule has 0 aliphatic carbocycles. The van der Waals surface area contributed by atoms with Gasteiger partial charge >= 0.3 is 0 Å². The van der Waals surface area contributed by atoms with Crippen LogP contribution in [-0.2, 0) is 9.59 Å². The smallest absolute Gasteiger partial charge is 0.194 e. The van der Waals surface area contributed by atoms with Crippen molar-refractivity contribution in [2.24, 2.45) is 29.6 Å². The minimum atomic E-state index is -0.537. The van der Waals surface area contributed by atoms with Crippen LogP contribution in [0.1, 0.15) is 170 Å². The summed E-state index contributed by atoms with van der Waals surface area (Å²) in [6.45, 7) is 33.8. The molecule has 6 nitrogen and oxygen atoms in total. The number of ketones is 3. The van der Waals surface area contributed by atoms with Crippen molar-refractivity contribution in [3.05, 3.63) is 95.5 Å². The zero-order valence-corrected chi connectivity index (χ0v) is 42.6. The molecular weight excluding hydrogens is 817 g/mol. The Morgan fingerprint density at radius 1 is 0.812 bits per heavy atom. The summed E-state index contributed by atoms with van der Waals surface area (Å²) in [7, 11) is 2.21. The molecule has 1 aromatic heterocycles. The number of carbonyl (C=O) groups is 3. The second-order valence-electron chi connectivity index (χ2n) is 18.4. The van der Waals surface area contributed by atoms with Gasteiger partial charge in [0, 0.05) is 49.4 Å². The Labute approximate surface area is 387 Å². The SMILES string of the molecule is CC(=O)c1ccco1.CCC(C)C(CC)CC(C)C(C)=O.CCCCC(=O)[C@H]1CCN(C(C)(C)C)C1.CCCN(C)CCC(C)CC.Cc1ccc(F)cc1F.Fc1cccc(F)c1. The van der Waals surface area contributed by atoms with Crippen molar-refractivity contribution in [1.29, 1.82) is 0 Å². The number of rotatable bonds is 17. The molecule has 2 aromatic carbocycles. The van der Waals surface area contributed by atoms with E-state index in [2.05, 4.69) is 86.1 Å². The molecule has 4 rings (SSSR count). The lowest BCUT2D eigenvalue weighted by atomic mass is 9.82. The molecule has 10 heteroatoms. The summed E-state index contributed by atoms with van der Waals surface area (Å²) in [5, 5.41) is 0. The number of hydrogen-bond donors (Lipinski definition) is 0. The summed E-state index contributed by atoms with van der Waals surface area (Å²) in [6, 6.07) is 11.4. The van der Waals surface area contributed by atoms with E-state index in [0.29, 0.717) is 28.8 Å². The number of unbranched alkanes of at least 4 members (excludes halogenated alkanes) is 1. The molecule has 0 amide bonds. The molecule has 2 heterocycles. The maximum atomic E-state index is 12.3. The number of hydrogen-bond acceptors (Lipinski definition) is 6. The van der Waals surface area contributed by atoms with Crippen LogP contribution in [0.25, 0.3) is 0 Å². The van der Waals surface area contributed by atoms with Gasteiger partial charge in [-0.15, -0.1) is 0 Å². The third kappa shape index (κ3) is 30.5. The standard InChI is InChI=1S/C13H25NO.C12H24O.C10H23N.C7H6F2.C6H4F2.C6H6O2/c1-5-6-7-12(15)11-8-9-14(10-11)13(2,3)4;1-6-9(3)12(7-2)8-10(4)11(5)13;1-5-8-11(4)9-7-10(3)6-2;1-5-2-3-6(8)4-7(5)9;7-5-2-1-3-6(8)4-5;1-5(7)6-3-2-4-8-6/h11H,5-10H2,1-4H3;9-10,12H,6-8H2,1-5H3;10H,5-9H2,1-4H3;2-4H,1H3;1-4H;2-4H,1H3/t11-;;;;;/m0...../s1. The van der Waals surface area contributed by atoms with Gasteiger partial charge in [0.25, 0.3) is 0 Å². The van der Waals surface area contributed by atoms with Crippen LogP contribution in [0.15, 0.2) is 65.3 Å².